The van der Waals surface area contributed by atoms with Crippen molar-refractivity contribution in [1.29, 1.82) is 0 Å². The number of rotatable bonds is 3. The normalized spacial score (nSPS) is 12.3. The minimum atomic E-state index is -2.96. The first kappa shape index (κ1) is 11.8. The number of halogens is 3. The summed E-state index contributed by atoms with van der Waals surface area (Å²) in [5, 5.41) is 0. The monoisotopic (exact) mass is 215 g/mol. The molecule has 0 heterocycles. The molecule has 1 nitrogen and oxygen atoms in total. The topological polar surface area (TPSA) is 26.0 Å². The number of benzene rings is 1. The predicted molar refractivity (Wildman–Crippen MR) is 54.1 cm³/mol. The molecular weight excluding hydrogens is 203 g/mol. The molecule has 0 saturated carbocycles. The van der Waals surface area contributed by atoms with Crippen LogP contribution in [-0.2, 0) is 5.92 Å². The van der Waals surface area contributed by atoms with E-state index in [1.54, 1.807) is 0 Å². The zero-order chi connectivity index (χ0) is 11.5. The summed E-state index contributed by atoms with van der Waals surface area (Å²) in [6.07, 6.45) is 2.90. The summed E-state index contributed by atoms with van der Waals surface area (Å²) in [5.74, 6) is -3.49. The average molecular weight is 215 g/mol. The van der Waals surface area contributed by atoms with Crippen LogP contribution in [0.15, 0.2) is 24.3 Å². The molecule has 0 bridgehead atoms. The van der Waals surface area contributed by atoms with Crippen molar-refractivity contribution in [2.24, 2.45) is 5.73 Å². The lowest BCUT2D eigenvalue weighted by Gasteiger charge is -2.11. The van der Waals surface area contributed by atoms with Crippen molar-refractivity contribution in [3.05, 3.63) is 41.2 Å². The lowest BCUT2D eigenvalue weighted by molar-refractivity contribution is 0.0174. The maximum Gasteiger partial charge on any atom is 0.270 e. The zero-order valence-corrected chi connectivity index (χ0v) is 8.31. The van der Waals surface area contributed by atoms with Gasteiger partial charge >= 0.3 is 0 Å². The molecule has 82 valence electrons. The summed E-state index contributed by atoms with van der Waals surface area (Å²) in [4.78, 5) is 0. The molecule has 15 heavy (non-hydrogen) atoms. The summed E-state index contributed by atoms with van der Waals surface area (Å²) >= 11 is 0. The molecule has 0 aliphatic carbocycles. The lowest BCUT2D eigenvalue weighted by Crippen LogP contribution is -2.07. The van der Waals surface area contributed by atoms with Crippen LogP contribution in [0, 0.1) is 5.82 Å². The largest absolute Gasteiger partial charge is 0.327 e. The molecule has 0 atom stereocenters. The van der Waals surface area contributed by atoms with Crippen LogP contribution in [0.5, 0.6) is 0 Å². The highest BCUT2D eigenvalue weighted by Crippen LogP contribution is 2.28. The Morgan fingerprint density at radius 3 is 2.60 bits per heavy atom. The quantitative estimate of drug-likeness (QED) is 0.824. The van der Waals surface area contributed by atoms with Gasteiger partial charge in [0.15, 0.2) is 0 Å². The average Bonchev–Trinajstić information content (AvgIpc) is 2.15. The molecule has 0 saturated heterocycles. The fourth-order valence-electron chi connectivity index (χ4n) is 1.14. The summed E-state index contributed by atoms with van der Waals surface area (Å²) in [6, 6.07) is 3.24. The molecule has 0 amide bonds. The van der Waals surface area contributed by atoms with E-state index >= 15 is 0 Å². The van der Waals surface area contributed by atoms with Gasteiger partial charge in [-0.05, 0) is 12.1 Å². The number of hydrogen-bond acceptors (Lipinski definition) is 1. The number of nitrogens with two attached hydrogens (primary N) is 1. The Morgan fingerprint density at radius 1 is 1.40 bits per heavy atom. The van der Waals surface area contributed by atoms with Gasteiger partial charge in [0.25, 0.3) is 5.92 Å². The molecule has 4 heteroatoms. The van der Waals surface area contributed by atoms with Gasteiger partial charge in [-0.2, -0.15) is 0 Å². The molecule has 0 fully saturated rings. The van der Waals surface area contributed by atoms with Crippen LogP contribution in [0.3, 0.4) is 0 Å². The highest BCUT2D eigenvalue weighted by Gasteiger charge is 2.24. The Morgan fingerprint density at radius 2 is 2.07 bits per heavy atom. The summed E-state index contributed by atoms with van der Waals surface area (Å²) < 4.78 is 39.0. The second-order valence-corrected chi connectivity index (χ2v) is 3.26. The lowest BCUT2D eigenvalue weighted by atomic mass is 10.1. The van der Waals surface area contributed by atoms with Gasteiger partial charge in [0.05, 0.1) is 0 Å². The molecule has 1 rings (SSSR count). The van der Waals surface area contributed by atoms with Crippen molar-refractivity contribution in [1.82, 2.24) is 0 Å². The maximum absolute atomic E-state index is 13.1. The van der Waals surface area contributed by atoms with Crippen molar-refractivity contribution in [3.63, 3.8) is 0 Å². The Bertz CT molecular complexity index is 367. The second kappa shape index (κ2) is 4.49. The van der Waals surface area contributed by atoms with Gasteiger partial charge in [-0.15, -0.1) is 0 Å². The van der Waals surface area contributed by atoms with Crippen molar-refractivity contribution in [3.8, 4) is 0 Å². The Labute approximate surface area is 86.4 Å². The minimum absolute atomic E-state index is 0.125. The molecule has 0 aliphatic heterocycles. The van der Waals surface area contributed by atoms with Crippen LogP contribution in [0.1, 0.15) is 18.1 Å². The standard InChI is InChI=1S/C11H12F3N/c1-11(13,14)9-4-5-10(12)8(7-9)3-2-6-15/h2-5,7H,6,15H2,1H3/b3-2+. The van der Waals surface area contributed by atoms with E-state index in [4.69, 9.17) is 5.73 Å². The molecular formula is C11H12F3N. The first-order valence-corrected chi connectivity index (χ1v) is 4.49. The van der Waals surface area contributed by atoms with E-state index in [9.17, 15) is 13.2 Å². The first-order chi connectivity index (χ1) is 6.95. The maximum atomic E-state index is 13.1. The van der Waals surface area contributed by atoms with Crippen LogP contribution in [0.2, 0.25) is 0 Å². The van der Waals surface area contributed by atoms with Gasteiger partial charge in [0, 0.05) is 24.6 Å². The number of alkyl halides is 2. The van der Waals surface area contributed by atoms with Crippen molar-refractivity contribution in [2.75, 3.05) is 6.54 Å². The van der Waals surface area contributed by atoms with Crippen molar-refractivity contribution >= 4 is 6.08 Å². The van der Waals surface area contributed by atoms with E-state index in [1.807, 2.05) is 0 Å². The molecule has 1 aromatic carbocycles. The third kappa shape index (κ3) is 3.09. The van der Waals surface area contributed by atoms with Crippen molar-refractivity contribution in [2.45, 2.75) is 12.8 Å². The Kier molecular flexibility index (Phi) is 3.52. The molecule has 0 unspecified atom stereocenters. The van der Waals surface area contributed by atoms with Gasteiger partial charge in [-0.25, -0.2) is 13.2 Å². The van der Waals surface area contributed by atoms with E-state index in [0.29, 0.717) is 0 Å². The van der Waals surface area contributed by atoms with E-state index in [1.165, 1.54) is 12.2 Å². The van der Waals surface area contributed by atoms with Crippen LogP contribution >= 0.6 is 0 Å². The van der Waals surface area contributed by atoms with E-state index in [-0.39, 0.29) is 17.7 Å². The first-order valence-electron chi connectivity index (χ1n) is 4.49. The minimum Gasteiger partial charge on any atom is -0.327 e. The highest BCUT2D eigenvalue weighted by atomic mass is 19.3. The third-order valence-electron chi connectivity index (χ3n) is 1.94. The summed E-state index contributed by atoms with van der Waals surface area (Å²) in [5.41, 5.74) is 5.11. The van der Waals surface area contributed by atoms with E-state index in [2.05, 4.69) is 0 Å². The SMILES string of the molecule is CC(F)(F)c1ccc(F)c(/C=C/CN)c1. The van der Waals surface area contributed by atoms with Gasteiger partial charge in [0.1, 0.15) is 5.82 Å². The summed E-state index contributed by atoms with van der Waals surface area (Å²) in [7, 11) is 0. The zero-order valence-electron chi connectivity index (χ0n) is 8.31. The van der Waals surface area contributed by atoms with Gasteiger partial charge in [-0.3, -0.25) is 0 Å². The molecule has 1 aromatic rings. The molecule has 0 radical (unpaired) electrons. The number of hydrogen-bond donors (Lipinski definition) is 1. The Hall–Kier alpha value is -1.29. The van der Waals surface area contributed by atoms with E-state index < -0.39 is 11.7 Å². The fraction of sp³-hybridized carbons (Fsp3) is 0.273. The molecule has 2 N–H and O–H groups in total. The predicted octanol–water partition coefficient (Wildman–Crippen LogP) is 2.91. The van der Waals surface area contributed by atoms with Crippen LogP contribution in [-0.4, -0.2) is 6.54 Å². The molecule has 0 aliphatic rings. The van der Waals surface area contributed by atoms with Crippen LogP contribution in [0.4, 0.5) is 13.2 Å². The van der Waals surface area contributed by atoms with Crippen molar-refractivity contribution < 1.29 is 13.2 Å². The molecule has 0 spiro atoms. The van der Waals surface area contributed by atoms with Crippen LogP contribution < -0.4 is 5.73 Å². The highest BCUT2D eigenvalue weighted by molar-refractivity contribution is 5.51. The third-order valence-corrected chi connectivity index (χ3v) is 1.94. The van der Waals surface area contributed by atoms with Gasteiger partial charge in [-0.1, -0.05) is 18.2 Å². The van der Waals surface area contributed by atoms with Gasteiger partial charge in [0.2, 0.25) is 0 Å². The van der Waals surface area contributed by atoms with Gasteiger partial charge < -0.3 is 5.73 Å². The Balaban J connectivity index is 3.11. The molecule has 0 aromatic heterocycles. The second-order valence-electron chi connectivity index (χ2n) is 3.26. The van der Waals surface area contributed by atoms with Crippen LogP contribution in [0.25, 0.3) is 6.08 Å². The smallest absolute Gasteiger partial charge is 0.270 e. The van der Waals surface area contributed by atoms with E-state index in [0.717, 1.165) is 25.1 Å². The fourth-order valence-corrected chi connectivity index (χ4v) is 1.14. The summed E-state index contributed by atoms with van der Waals surface area (Å²) in [6.45, 7) is 1.02.